The highest BCUT2D eigenvalue weighted by molar-refractivity contribution is 7.91. The smallest absolute Gasteiger partial charge is 0.345 e. The minimum atomic E-state index is -3.10. The molecule has 2 rings (SSSR count). The molecule has 0 bridgehead atoms. The van der Waals surface area contributed by atoms with Crippen molar-refractivity contribution in [2.45, 2.75) is 18.9 Å². The molecule has 1 aromatic heterocycles. The van der Waals surface area contributed by atoms with Crippen molar-refractivity contribution < 1.29 is 23.1 Å². The van der Waals surface area contributed by atoms with Gasteiger partial charge in [0, 0.05) is 0 Å². The van der Waals surface area contributed by atoms with Gasteiger partial charge in [-0.3, -0.25) is 4.79 Å². The first-order valence-corrected chi connectivity index (χ1v) is 8.21. The van der Waals surface area contributed by atoms with E-state index in [9.17, 15) is 18.0 Å². The van der Waals surface area contributed by atoms with E-state index in [0.717, 1.165) is 11.3 Å². The molecule has 0 aromatic carbocycles. The molecule has 104 valence electrons. The molecule has 0 radical (unpaired) electrons. The largest absolute Gasteiger partial charge is 0.477 e. The number of carbonyl (C=O) groups excluding carboxylic acids is 1. The number of thiophene rings is 1. The normalized spacial score (nSPS) is 25.1. The average Bonchev–Trinajstić information content (AvgIpc) is 2.83. The first kappa shape index (κ1) is 14.0. The SMILES string of the molecule is CC1(NC(=O)c2ccc(C(=O)O)s2)CCS(=O)(=O)C1. The van der Waals surface area contributed by atoms with E-state index < -0.39 is 27.3 Å². The first-order chi connectivity index (χ1) is 8.71. The number of sulfone groups is 1. The second-order valence-corrected chi connectivity index (χ2v) is 8.09. The lowest BCUT2D eigenvalue weighted by Crippen LogP contribution is -2.46. The van der Waals surface area contributed by atoms with Crippen molar-refractivity contribution in [3.8, 4) is 0 Å². The highest BCUT2D eigenvalue weighted by Gasteiger charge is 2.39. The quantitative estimate of drug-likeness (QED) is 0.858. The van der Waals surface area contributed by atoms with E-state index in [1.54, 1.807) is 6.92 Å². The predicted molar refractivity (Wildman–Crippen MR) is 70.4 cm³/mol. The van der Waals surface area contributed by atoms with Crippen LogP contribution in [0.2, 0.25) is 0 Å². The highest BCUT2D eigenvalue weighted by Crippen LogP contribution is 2.24. The predicted octanol–water partition coefficient (Wildman–Crippen LogP) is 0.753. The van der Waals surface area contributed by atoms with Crippen molar-refractivity contribution in [1.82, 2.24) is 5.32 Å². The van der Waals surface area contributed by atoms with Crippen molar-refractivity contribution in [2.75, 3.05) is 11.5 Å². The Morgan fingerprint density at radius 2 is 2.00 bits per heavy atom. The maximum atomic E-state index is 12.0. The molecule has 8 heteroatoms. The number of hydrogen-bond acceptors (Lipinski definition) is 5. The summed E-state index contributed by atoms with van der Waals surface area (Å²) in [6.07, 6.45) is 0.373. The topological polar surface area (TPSA) is 101 Å². The van der Waals surface area contributed by atoms with Crippen LogP contribution in [0.4, 0.5) is 0 Å². The molecule has 19 heavy (non-hydrogen) atoms. The zero-order chi connectivity index (χ0) is 14.3. The summed E-state index contributed by atoms with van der Waals surface area (Å²) < 4.78 is 22.9. The van der Waals surface area contributed by atoms with Crippen LogP contribution >= 0.6 is 11.3 Å². The number of rotatable bonds is 3. The minimum Gasteiger partial charge on any atom is -0.477 e. The number of amides is 1. The molecule has 1 aliphatic rings. The van der Waals surface area contributed by atoms with Gasteiger partial charge in [-0.2, -0.15) is 0 Å². The molecule has 2 heterocycles. The molecule has 0 spiro atoms. The van der Waals surface area contributed by atoms with Crippen molar-refractivity contribution >= 4 is 33.1 Å². The minimum absolute atomic E-state index is 0.0641. The molecule has 1 atom stereocenters. The molecule has 1 amide bonds. The third kappa shape index (κ3) is 3.13. The molecule has 0 aliphatic carbocycles. The third-order valence-electron chi connectivity index (χ3n) is 2.96. The standard InChI is InChI=1S/C11H13NO5S2/c1-11(4-5-19(16,17)6-11)12-9(13)7-2-3-8(18-7)10(14)15/h2-3H,4-6H2,1H3,(H,12,13)(H,14,15). The van der Waals surface area contributed by atoms with Gasteiger partial charge in [0.25, 0.3) is 5.91 Å². The summed E-state index contributed by atoms with van der Waals surface area (Å²) in [5, 5.41) is 11.5. The van der Waals surface area contributed by atoms with Crippen LogP contribution in [0.25, 0.3) is 0 Å². The van der Waals surface area contributed by atoms with Crippen LogP contribution in [0.1, 0.15) is 32.7 Å². The number of nitrogens with one attached hydrogen (secondary N) is 1. The first-order valence-electron chi connectivity index (χ1n) is 5.57. The number of aromatic carboxylic acids is 1. The summed E-state index contributed by atoms with van der Waals surface area (Å²) in [6.45, 7) is 1.68. The van der Waals surface area contributed by atoms with E-state index >= 15 is 0 Å². The molecule has 1 saturated heterocycles. The maximum absolute atomic E-state index is 12.0. The van der Waals surface area contributed by atoms with Crippen LogP contribution in [0.3, 0.4) is 0 Å². The number of carboxylic acid groups (broad SMARTS) is 1. The van der Waals surface area contributed by atoms with Crippen molar-refractivity contribution in [1.29, 1.82) is 0 Å². The zero-order valence-electron chi connectivity index (χ0n) is 10.2. The lowest BCUT2D eigenvalue weighted by molar-refractivity contribution is 0.0702. The Balaban J connectivity index is 2.11. The van der Waals surface area contributed by atoms with Crippen molar-refractivity contribution in [3.05, 3.63) is 21.9 Å². The van der Waals surface area contributed by atoms with Gasteiger partial charge < -0.3 is 10.4 Å². The molecule has 0 saturated carbocycles. The van der Waals surface area contributed by atoms with Gasteiger partial charge in [0.1, 0.15) is 4.88 Å². The highest BCUT2D eigenvalue weighted by atomic mass is 32.2. The second kappa shape index (κ2) is 4.61. The monoisotopic (exact) mass is 303 g/mol. The van der Waals surface area contributed by atoms with Gasteiger partial charge in [-0.15, -0.1) is 11.3 Å². The van der Waals surface area contributed by atoms with Crippen molar-refractivity contribution in [3.63, 3.8) is 0 Å². The second-order valence-electron chi connectivity index (χ2n) is 4.83. The molecule has 6 nitrogen and oxygen atoms in total. The molecule has 1 fully saturated rings. The fourth-order valence-corrected chi connectivity index (χ4v) is 4.85. The Bertz CT molecular complexity index is 633. The van der Waals surface area contributed by atoms with Crippen LogP contribution in [0, 0.1) is 0 Å². The van der Waals surface area contributed by atoms with E-state index in [-0.39, 0.29) is 21.3 Å². The fraction of sp³-hybridized carbons (Fsp3) is 0.455. The van der Waals surface area contributed by atoms with Gasteiger partial charge in [0.05, 0.1) is 21.9 Å². The van der Waals surface area contributed by atoms with Gasteiger partial charge in [0.2, 0.25) is 0 Å². The van der Waals surface area contributed by atoms with E-state index in [1.807, 2.05) is 0 Å². The molecular weight excluding hydrogens is 290 g/mol. The lowest BCUT2D eigenvalue weighted by Gasteiger charge is -2.23. The summed E-state index contributed by atoms with van der Waals surface area (Å²) in [5.41, 5.74) is -0.775. The maximum Gasteiger partial charge on any atom is 0.345 e. The van der Waals surface area contributed by atoms with Crippen LogP contribution < -0.4 is 5.32 Å². The number of carbonyl (C=O) groups is 2. The molecule has 2 N–H and O–H groups in total. The van der Waals surface area contributed by atoms with Crippen LogP contribution in [-0.4, -0.2) is 42.4 Å². The molecule has 1 aliphatic heterocycles. The zero-order valence-corrected chi connectivity index (χ0v) is 11.8. The average molecular weight is 303 g/mol. The Morgan fingerprint density at radius 3 is 2.47 bits per heavy atom. The van der Waals surface area contributed by atoms with Crippen molar-refractivity contribution in [2.24, 2.45) is 0 Å². The summed E-state index contributed by atoms with van der Waals surface area (Å²) in [7, 11) is -3.10. The van der Waals surface area contributed by atoms with E-state index in [0.29, 0.717) is 6.42 Å². The van der Waals surface area contributed by atoms with Gasteiger partial charge >= 0.3 is 5.97 Å². The number of hydrogen-bond donors (Lipinski definition) is 2. The fourth-order valence-electron chi connectivity index (χ4n) is 2.02. The third-order valence-corrected chi connectivity index (χ3v) is 5.93. The molecule has 1 aromatic rings. The Morgan fingerprint density at radius 1 is 1.37 bits per heavy atom. The summed E-state index contributed by atoms with van der Waals surface area (Å²) in [6, 6.07) is 2.78. The van der Waals surface area contributed by atoms with Crippen LogP contribution in [0.5, 0.6) is 0 Å². The van der Waals surface area contributed by atoms with E-state index in [4.69, 9.17) is 5.11 Å². The molecular formula is C11H13NO5S2. The number of carboxylic acids is 1. The lowest BCUT2D eigenvalue weighted by atomic mass is 10.0. The van der Waals surface area contributed by atoms with Crippen LogP contribution in [0.15, 0.2) is 12.1 Å². The van der Waals surface area contributed by atoms with Gasteiger partial charge in [-0.25, -0.2) is 13.2 Å². The van der Waals surface area contributed by atoms with Gasteiger partial charge in [-0.05, 0) is 25.5 Å². The Kier molecular flexibility index (Phi) is 3.40. The van der Waals surface area contributed by atoms with Gasteiger partial charge in [0.15, 0.2) is 9.84 Å². The Labute approximate surface area is 114 Å². The van der Waals surface area contributed by atoms with Gasteiger partial charge in [-0.1, -0.05) is 0 Å². The summed E-state index contributed by atoms with van der Waals surface area (Å²) >= 11 is 0.870. The molecule has 1 unspecified atom stereocenters. The Hall–Kier alpha value is -1.41. The van der Waals surface area contributed by atoms with Crippen LogP contribution in [-0.2, 0) is 9.84 Å². The van der Waals surface area contributed by atoms with E-state index in [2.05, 4.69) is 5.32 Å². The summed E-state index contributed by atoms with van der Waals surface area (Å²) in [4.78, 5) is 23.0. The summed E-state index contributed by atoms with van der Waals surface area (Å²) in [5.74, 6) is -1.53. The van der Waals surface area contributed by atoms with E-state index in [1.165, 1.54) is 12.1 Å².